The Kier molecular flexibility index (Phi) is 5.25. The summed E-state index contributed by atoms with van der Waals surface area (Å²) in [5.74, 6) is -0.270. The van der Waals surface area contributed by atoms with Gasteiger partial charge in [0, 0.05) is 25.2 Å². The Balaban J connectivity index is 1.96. The molecule has 0 aliphatic carbocycles. The fourth-order valence-electron chi connectivity index (χ4n) is 2.52. The second-order valence-corrected chi connectivity index (χ2v) is 5.88. The number of amides is 1. The van der Waals surface area contributed by atoms with Crippen LogP contribution in [0.5, 0.6) is 0 Å². The van der Waals surface area contributed by atoms with Crippen LogP contribution in [0.15, 0.2) is 18.2 Å². The largest absolute Gasteiger partial charge is 0.389 e. The summed E-state index contributed by atoms with van der Waals surface area (Å²) in [6.45, 7) is 2.62. The summed E-state index contributed by atoms with van der Waals surface area (Å²) in [4.78, 5) is 15.9. The standard InChI is InChI=1S/C15H20FN3OS/c1-18(10-14(20)19-6-2-3-7-19)9-11-4-5-13(16)12(8-11)15(17)21/h4-5,8H,2-3,6-7,9-10H2,1H3,(H2,17,21). The number of halogens is 1. The SMILES string of the molecule is CN(CC(=O)N1CCCC1)Cc1ccc(F)c(C(N)=S)c1. The van der Waals surface area contributed by atoms with Gasteiger partial charge in [0.15, 0.2) is 0 Å². The van der Waals surface area contributed by atoms with Crippen LogP contribution in [0.2, 0.25) is 0 Å². The number of nitrogens with zero attached hydrogens (tertiary/aromatic N) is 2. The number of likely N-dealkylation sites (N-methyl/N-ethyl adjacent to an activating group) is 1. The van der Waals surface area contributed by atoms with Crippen LogP contribution in [-0.2, 0) is 11.3 Å². The van der Waals surface area contributed by atoms with E-state index in [1.807, 2.05) is 16.8 Å². The Bertz CT molecular complexity index is 544. The molecule has 0 atom stereocenters. The van der Waals surface area contributed by atoms with Crippen LogP contribution in [0.4, 0.5) is 4.39 Å². The van der Waals surface area contributed by atoms with E-state index in [0.29, 0.717) is 13.1 Å². The highest BCUT2D eigenvalue weighted by atomic mass is 32.1. The van der Waals surface area contributed by atoms with Gasteiger partial charge in [0.1, 0.15) is 10.8 Å². The van der Waals surface area contributed by atoms with Gasteiger partial charge in [0.2, 0.25) is 5.91 Å². The highest BCUT2D eigenvalue weighted by molar-refractivity contribution is 7.80. The zero-order valence-corrected chi connectivity index (χ0v) is 13.0. The molecule has 1 aromatic carbocycles. The van der Waals surface area contributed by atoms with E-state index in [4.69, 9.17) is 18.0 Å². The smallest absolute Gasteiger partial charge is 0.236 e. The number of carbonyl (C=O) groups excluding carboxylic acids is 1. The van der Waals surface area contributed by atoms with Crippen molar-refractivity contribution < 1.29 is 9.18 Å². The average molecular weight is 309 g/mol. The molecule has 4 nitrogen and oxygen atoms in total. The molecule has 1 aliphatic rings. The van der Waals surface area contributed by atoms with E-state index in [1.165, 1.54) is 6.07 Å². The summed E-state index contributed by atoms with van der Waals surface area (Å²) in [7, 11) is 1.87. The molecule has 1 fully saturated rings. The maximum absolute atomic E-state index is 13.5. The zero-order valence-electron chi connectivity index (χ0n) is 12.1. The topological polar surface area (TPSA) is 49.6 Å². The minimum absolute atomic E-state index is 0.0464. The second kappa shape index (κ2) is 6.95. The Labute approximate surface area is 129 Å². The molecule has 21 heavy (non-hydrogen) atoms. The summed E-state index contributed by atoms with van der Waals surface area (Å²) >= 11 is 4.83. The molecule has 1 amide bonds. The third-order valence-electron chi connectivity index (χ3n) is 3.61. The molecule has 2 N–H and O–H groups in total. The molecule has 0 spiro atoms. The average Bonchev–Trinajstić information content (AvgIpc) is 2.94. The van der Waals surface area contributed by atoms with Crippen LogP contribution in [0.3, 0.4) is 0 Å². The summed E-state index contributed by atoms with van der Waals surface area (Å²) in [6, 6.07) is 4.70. The van der Waals surface area contributed by atoms with Crippen LogP contribution in [0, 0.1) is 5.82 Å². The molecule has 0 radical (unpaired) electrons. The van der Waals surface area contributed by atoms with Gasteiger partial charge >= 0.3 is 0 Å². The maximum atomic E-state index is 13.5. The first kappa shape index (κ1) is 15.9. The van der Waals surface area contributed by atoms with Crippen molar-refractivity contribution in [2.75, 3.05) is 26.7 Å². The van der Waals surface area contributed by atoms with E-state index in [0.717, 1.165) is 31.5 Å². The molecule has 0 unspecified atom stereocenters. The van der Waals surface area contributed by atoms with Crippen molar-refractivity contribution in [3.8, 4) is 0 Å². The number of likely N-dealkylation sites (tertiary alicyclic amines) is 1. The van der Waals surface area contributed by atoms with Crippen molar-refractivity contribution in [3.63, 3.8) is 0 Å². The minimum Gasteiger partial charge on any atom is -0.389 e. The molecule has 2 rings (SSSR count). The molecule has 114 valence electrons. The molecule has 1 aliphatic heterocycles. The fourth-order valence-corrected chi connectivity index (χ4v) is 2.68. The molecular formula is C15H20FN3OS. The Morgan fingerprint density at radius 2 is 2.10 bits per heavy atom. The van der Waals surface area contributed by atoms with Gasteiger partial charge in [-0.3, -0.25) is 9.69 Å². The number of hydrogen-bond donors (Lipinski definition) is 1. The van der Waals surface area contributed by atoms with E-state index < -0.39 is 5.82 Å². The van der Waals surface area contributed by atoms with Crippen LogP contribution < -0.4 is 5.73 Å². The van der Waals surface area contributed by atoms with Gasteiger partial charge in [-0.15, -0.1) is 0 Å². The van der Waals surface area contributed by atoms with E-state index in [9.17, 15) is 9.18 Å². The third-order valence-corrected chi connectivity index (χ3v) is 3.83. The van der Waals surface area contributed by atoms with E-state index in [-0.39, 0.29) is 16.5 Å². The monoisotopic (exact) mass is 309 g/mol. The normalized spacial score (nSPS) is 14.7. The summed E-state index contributed by atoms with van der Waals surface area (Å²) in [6.07, 6.45) is 2.18. The number of hydrogen-bond acceptors (Lipinski definition) is 3. The van der Waals surface area contributed by atoms with Crippen molar-refractivity contribution >= 4 is 23.1 Å². The van der Waals surface area contributed by atoms with Crippen molar-refractivity contribution in [1.29, 1.82) is 0 Å². The summed E-state index contributed by atoms with van der Waals surface area (Å²) < 4.78 is 13.5. The second-order valence-electron chi connectivity index (χ2n) is 5.44. The summed E-state index contributed by atoms with van der Waals surface area (Å²) in [5.41, 5.74) is 6.63. The molecular weight excluding hydrogens is 289 g/mol. The highest BCUT2D eigenvalue weighted by Gasteiger charge is 2.19. The predicted octanol–water partition coefficient (Wildman–Crippen LogP) is 1.51. The van der Waals surface area contributed by atoms with Crippen molar-refractivity contribution in [1.82, 2.24) is 9.80 Å². The molecule has 0 bridgehead atoms. The van der Waals surface area contributed by atoms with Gasteiger partial charge in [-0.1, -0.05) is 18.3 Å². The first-order chi connectivity index (χ1) is 9.97. The molecule has 0 aromatic heterocycles. The number of thiocarbonyl (C=S) groups is 1. The molecule has 6 heteroatoms. The lowest BCUT2D eigenvalue weighted by Gasteiger charge is -2.21. The predicted molar refractivity (Wildman–Crippen MR) is 84.4 cm³/mol. The molecule has 1 heterocycles. The molecule has 0 saturated carbocycles. The van der Waals surface area contributed by atoms with Gasteiger partial charge in [0.25, 0.3) is 0 Å². The number of carbonyl (C=O) groups is 1. The first-order valence-electron chi connectivity index (χ1n) is 7.02. The Morgan fingerprint density at radius 1 is 1.43 bits per heavy atom. The molecule has 1 aromatic rings. The van der Waals surface area contributed by atoms with Gasteiger partial charge in [-0.25, -0.2) is 4.39 Å². The van der Waals surface area contributed by atoms with Crippen LogP contribution >= 0.6 is 12.2 Å². The van der Waals surface area contributed by atoms with Crippen molar-refractivity contribution in [2.24, 2.45) is 5.73 Å². The number of nitrogens with two attached hydrogens (primary N) is 1. The quantitative estimate of drug-likeness (QED) is 0.838. The van der Waals surface area contributed by atoms with Gasteiger partial charge in [-0.05, 0) is 37.6 Å². The lowest BCUT2D eigenvalue weighted by atomic mass is 10.1. The number of benzene rings is 1. The van der Waals surface area contributed by atoms with Crippen molar-refractivity contribution in [2.45, 2.75) is 19.4 Å². The maximum Gasteiger partial charge on any atom is 0.236 e. The minimum atomic E-state index is -0.415. The Hall–Kier alpha value is -1.53. The van der Waals surface area contributed by atoms with Crippen molar-refractivity contribution in [3.05, 3.63) is 35.1 Å². The van der Waals surface area contributed by atoms with Crippen LogP contribution in [-0.4, -0.2) is 47.4 Å². The highest BCUT2D eigenvalue weighted by Crippen LogP contribution is 2.13. The fraction of sp³-hybridized carbons (Fsp3) is 0.467. The van der Waals surface area contributed by atoms with Gasteiger partial charge in [0.05, 0.1) is 6.54 Å². The van der Waals surface area contributed by atoms with Crippen LogP contribution in [0.25, 0.3) is 0 Å². The first-order valence-corrected chi connectivity index (χ1v) is 7.43. The van der Waals surface area contributed by atoms with Gasteiger partial charge < -0.3 is 10.6 Å². The van der Waals surface area contributed by atoms with Gasteiger partial charge in [-0.2, -0.15) is 0 Å². The number of rotatable bonds is 5. The molecule has 1 saturated heterocycles. The van der Waals surface area contributed by atoms with E-state index >= 15 is 0 Å². The third kappa shape index (κ3) is 4.22. The summed E-state index contributed by atoms with van der Waals surface area (Å²) in [5, 5.41) is 0. The zero-order chi connectivity index (χ0) is 15.4. The van der Waals surface area contributed by atoms with E-state index in [2.05, 4.69) is 0 Å². The lowest BCUT2D eigenvalue weighted by molar-refractivity contribution is -0.131. The lowest BCUT2D eigenvalue weighted by Crippen LogP contribution is -2.37. The Morgan fingerprint density at radius 3 is 2.71 bits per heavy atom. The van der Waals surface area contributed by atoms with Crippen LogP contribution in [0.1, 0.15) is 24.0 Å². The van der Waals surface area contributed by atoms with E-state index in [1.54, 1.807) is 12.1 Å².